The van der Waals surface area contributed by atoms with Gasteiger partial charge < -0.3 is 5.73 Å². The highest BCUT2D eigenvalue weighted by Crippen LogP contribution is 2.41. The van der Waals surface area contributed by atoms with Crippen molar-refractivity contribution in [2.24, 2.45) is 17.6 Å². The van der Waals surface area contributed by atoms with E-state index in [0.717, 1.165) is 18.4 Å². The van der Waals surface area contributed by atoms with Gasteiger partial charge in [-0.3, -0.25) is 4.98 Å². The van der Waals surface area contributed by atoms with Crippen molar-refractivity contribution in [2.45, 2.75) is 38.6 Å². The average Bonchev–Trinajstić information content (AvgIpc) is 2.24. The molecule has 1 saturated carbocycles. The Morgan fingerprint density at radius 3 is 2.81 bits per heavy atom. The highest BCUT2D eigenvalue weighted by molar-refractivity contribution is 5.23. The van der Waals surface area contributed by atoms with Crippen LogP contribution >= 0.6 is 0 Å². The highest BCUT2D eigenvalue weighted by Gasteiger charge is 2.38. The fourth-order valence-corrected chi connectivity index (χ4v) is 2.74. The van der Waals surface area contributed by atoms with Crippen molar-refractivity contribution in [2.75, 3.05) is 0 Å². The largest absolute Gasteiger partial charge is 0.321 e. The van der Waals surface area contributed by atoms with Gasteiger partial charge in [0.2, 0.25) is 0 Å². The molecule has 1 aromatic heterocycles. The van der Waals surface area contributed by atoms with Crippen molar-refractivity contribution in [3.8, 4) is 0 Å². The Labute approximate surface area is 96.1 Å². The van der Waals surface area contributed by atoms with Gasteiger partial charge in [-0.25, -0.2) is 4.39 Å². The molecule has 0 bridgehead atoms. The first-order valence-corrected chi connectivity index (χ1v) is 5.92. The number of hydrogen-bond donors (Lipinski definition) is 1. The fourth-order valence-electron chi connectivity index (χ4n) is 2.74. The molecule has 1 fully saturated rings. The normalized spacial score (nSPS) is 35.0. The predicted molar refractivity (Wildman–Crippen MR) is 62.2 cm³/mol. The van der Waals surface area contributed by atoms with Crippen molar-refractivity contribution >= 4 is 0 Å². The Balaban J connectivity index is 2.35. The molecular weight excluding hydrogens is 203 g/mol. The van der Waals surface area contributed by atoms with Crippen LogP contribution in [-0.4, -0.2) is 4.98 Å². The van der Waals surface area contributed by atoms with Crippen LogP contribution in [-0.2, 0) is 5.54 Å². The third-order valence-corrected chi connectivity index (χ3v) is 3.90. The molecule has 1 aliphatic rings. The molecule has 0 aromatic carbocycles. The number of pyridine rings is 1. The van der Waals surface area contributed by atoms with Gasteiger partial charge in [-0.2, -0.15) is 0 Å². The van der Waals surface area contributed by atoms with E-state index in [4.69, 9.17) is 5.73 Å². The minimum absolute atomic E-state index is 0.298. The molecule has 1 aromatic rings. The molecule has 0 saturated heterocycles. The van der Waals surface area contributed by atoms with Gasteiger partial charge in [0, 0.05) is 11.7 Å². The number of nitrogens with zero attached hydrogens (tertiary/aromatic N) is 1. The summed E-state index contributed by atoms with van der Waals surface area (Å²) in [5.74, 6) is 0.685. The van der Waals surface area contributed by atoms with Gasteiger partial charge in [0.15, 0.2) is 0 Å². The monoisotopic (exact) mass is 222 g/mol. The van der Waals surface area contributed by atoms with Crippen LogP contribution in [0.2, 0.25) is 0 Å². The van der Waals surface area contributed by atoms with E-state index in [9.17, 15) is 4.39 Å². The molecule has 0 aliphatic heterocycles. The lowest BCUT2D eigenvalue weighted by atomic mass is 9.67. The van der Waals surface area contributed by atoms with Crippen molar-refractivity contribution < 1.29 is 4.39 Å². The quantitative estimate of drug-likeness (QED) is 0.793. The molecule has 3 unspecified atom stereocenters. The summed E-state index contributed by atoms with van der Waals surface area (Å²) >= 11 is 0. The Bertz CT molecular complexity index is 380. The summed E-state index contributed by atoms with van der Waals surface area (Å²) in [6.07, 6.45) is 6.16. The first-order chi connectivity index (χ1) is 7.52. The fraction of sp³-hybridized carbons (Fsp3) is 0.615. The summed E-state index contributed by atoms with van der Waals surface area (Å²) in [7, 11) is 0. The van der Waals surface area contributed by atoms with Gasteiger partial charge >= 0.3 is 0 Å². The molecule has 2 rings (SSSR count). The van der Waals surface area contributed by atoms with Crippen molar-refractivity contribution in [3.63, 3.8) is 0 Å². The molecule has 16 heavy (non-hydrogen) atoms. The van der Waals surface area contributed by atoms with E-state index in [-0.39, 0.29) is 5.82 Å². The summed E-state index contributed by atoms with van der Waals surface area (Å²) in [6, 6.07) is 1.53. The van der Waals surface area contributed by atoms with Crippen LogP contribution in [0.15, 0.2) is 18.5 Å². The Morgan fingerprint density at radius 2 is 2.12 bits per heavy atom. The van der Waals surface area contributed by atoms with Crippen molar-refractivity contribution in [1.29, 1.82) is 0 Å². The van der Waals surface area contributed by atoms with Crippen LogP contribution in [0.4, 0.5) is 4.39 Å². The Kier molecular flexibility index (Phi) is 2.98. The first kappa shape index (κ1) is 11.5. The number of halogens is 1. The summed E-state index contributed by atoms with van der Waals surface area (Å²) < 4.78 is 13.2. The molecule has 2 N–H and O–H groups in total. The van der Waals surface area contributed by atoms with Crippen LogP contribution in [0.1, 0.15) is 38.7 Å². The third-order valence-electron chi connectivity index (χ3n) is 3.90. The molecule has 2 nitrogen and oxygen atoms in total. The van der Waals surface area contributed by atoms with E-state index in [1.54, 1.807) is 6.20 Å². The zero-order valence-electron chi connectivity index (χ0n) is 9.91. The zero-order chi connectivity index (χ0) is 11.8. The molecule has 1 aliphatic carbocycles. The summed E-state index contributed by atoms with van der Waals surface area (Å²) in [5, 5.41) is 0. The van der Waals surface area contributed by atoms with Crippen LogP contribution in [0.3, 0.4) is 0 Å². The molecule has 0 amide bonds. The van der Waals surface area contributed by atoms with Crippen molar-refractivity contribution in [3.05, 3.63) is 29.8 Å². The smallest absolute Gasteiger partial charge is 0.141 e. The van der Waals surface area contributed by atoms with Gasteiger partial charge in [-0.15, -0.1) is 0 Å². The zero-order valence-corrected chi connectivity index (χ0v) is 9.91. The SMILES string of the molecule is CC1CCC(C)C(N)(c2cncc(F)c2)C1. The Hall–Kier alpha value is -0.960. The maximum Gasteiger partial charge on any atom is 0.141 e. The third kappa shape index (κ3) is 1.96. The van der Waals surface area contributed by atoms with E-state index >= 15 is 0 Å². The number of nitrogens with two attached hydrogens (primary N) is 1. The summed E-state index contributed by atoms with van der Waals surface area (Å²) in [4.78, 5) is 3.91. The molecule has 3 heteroatoms. The van der Waals surface area contributed by atoms with Gasteiger partial charge in [0.25, 0.3) is 0 Å². The lowest BCUT2D eigenvalue weighted by Gasteiger charge is -2.42. The minimum Gasteiger partial charge on any atom is -0.321 e. The second-order valence-electron chi connectivity index (χ2n) is 5.22. The molecule has 1 heterocycles. The minimum atomic E-state index is -0.410. The van der Waals surface area contributed by atoms with Gasteiger partial charge in [0.05, 0.1) is 6.20 Å². The van der Waals surface area contributed by atoms with Crippen molar-refractivity contribution in [1.82, 2.24) is 4.98 Å². The molecule has 0 radical (unpaired) electrons. The molecule has 3 atom stereocenters. The second kappa shape index (κ2) is 4.13. The van der Waals surface area contributed by atoms with Gasteiger partial charge in [0.1, 0.15) is 5.82 Å². The number of rotatable bonds is 1. The lowest BCUT2D eigenvalue weighted by molar-refractivity contribution is 0.161. The number of hydrogen-bond acceptors (Lipinski definition) is 2. The Morgan fingerprint density at radius 1 is 1.38 bits per heavy atom. The standard InChI is InChI=1S/C13H19FN2/c1-9-3-4-10(2)13(15,6-9)11-5-12(14)8-16-7-11/h5,7-10H,3-4,6,15H2,1-2H3. The predicted octanol–water partition coefficient (Wildman–Crippen LogP) is 2.83. The van der Waals surface area contributed by atoms with Gasteiger partial charge in [-0.05, 0) is 36.3 Å². The van der Waals surface area contributed by atoms with Gasteiger partial charge in [-0.1, -0.05) is 20.3 Å². The maximum absolute atomic E-state index is 13.2. The highest BCUT2D eigenvalue weighted by atomic mass is 19.1. The topological polar surface area (TPSA) is 38.9 Å². The maximum atomic E-state index is 13.2. The molecular formula is C13H19FN2. The van der Waals surface area contributed by atoms with Crippen LogP contribution in [0.25, 0.3) is 0 Å². The molecule has 0 spiro atoms. The van der Waals surface area contributed by atoms with Crippen LogP contribution in [0, 0.1) is 17.7 Å². The van der Waals surface area contributed by atoms with E-state index in [1.165, 1.54) is 18.7 Å². The number of aromatic nitrogens is 1. The van der Waals surface area contributed by atoms with Crippen LogP contribution < -0.4 is 5.73 Å². The van der Waals surface area contributed by atoms with Crippen LogP contribution in [0.5, 0.6) is 0 Å². The summed E-state index contributed by atoms with van der Waals surface area (Å²) in [6.45, 7) is 4.36. The van der Waals surface area contributed by atoms with E-state index in [2.05, 4.69) is 18.8 Å². The van der Waals surface area contributed by atoms with E-state index in [0.29, 0.717) is 11.8 Å². The molecule has 88 valence electrons. The summed E-state index contributed by atoms with van der Waals surface area (Å²) in [5.41, 5.74) is 6.91. The lowest BCUT2D eigenvalue weighted by Crippen LogP contribution is -2.47. The van der Waals surface area contributed by atoms with E-state index in [1.807, 2.05) is 0 Å². The second-order valence-corrected chi connectivity index (χ2v) is 5.22. The first-order valence-electron chi connectivity index (χ1n) is 5.92. The average molecular weight is 222 g/mol. The van der Waals surface area contributed by atoms with E-state index < -0.39 is 5.54 Å².